The smallest absolute Gasteiger partial charge is 0.00474 e. The molecule has 0 radical (unpaired) electrons. The molecule has 2 rings (SSSR count). The Kier molecular flexibility index (Phi) is 3.16. The highest BCUT2D eigenvalue weighted by Crippen LogP contribution is 2.51. The lowest BCUT2D eigenvalue weighted by atomic mass is 9.62. The molecule has 0 N–H and O–H groups in total. The van der Waals surface area contributed by atoms with Crippen LogP contribution < -0.4 is 0 Å². The van der Waals surface area contributed by atoms with Crippen LogP contribution in [0.2, 0.25) is 0 Å². The summed E-state index contributed by atoms with van der Waals surface area (Å²) in [5, 5.41) is 0.966. The molecule has 0 bridgehead atoms. The second-order valence-corrected chi connectivity index (χ2v) is 7.18. The van der Waals surface area contributed by atoms with Gasteiger partial charge >= 0.3 is 0 Å². The second-order valence-electron chi connectivity index (χ2n) is 5.85. The molecule has 1 saturated heterocycles. The quantitative estimate of drug-likeness (QED) is 0.623. The van der Waals surface area contributed by atoms with Crippen molar-refractivity contribution in [3.8, 4) is 0 Å². The number of fused-ring (bicyclic) bond motifs is 1. The molecule has 1 aliphatic carbocycles. The fourth-order valence-electron chi connectivity index (χ4n) is 3.45. The van der Waals surface area contributed by atoms with Crippen molar-refractivity contribution in [3.63, 3.8) is 0 Å². The molecule has 0 spiro atoms. The topological polar surface area (TPSA) is 0 Å². The zero-order valence-corrected chi connectivity index (χ0v) is 10.7. The highest BCUT2D eigenvalue weighted by Gasteiger charge is 2.42. The van der Waals surface area contributed by atoms with Gasteiger partial charge in [0, 0.05) is 5.25 Å². The molecule has 1 heterocycles. The van der Waals surface area contributed by atoms with Crippen LogP contribution in [0.15, 0.2) is 0 Å². The first-order valence-electron chi connectivity index (χ1n) is 6.25. The van der Waals surface area contributed by atoms with E-state index in [4.69, 9.17) is 0 Å². The van der Waals surface area contributed by atoms with Crippen LogP contribution in [0.3, 0.4) is 0 Å². The van der Waals surface area contributed by atoms with E-state index < -0.39 is 0 Å². The predicted molar refractivity (Wildman–Crippen MR) is 65.8 cm³/mol. The third kappa shape index (κ3) is 1.98. The fourth-order valence-corrected chi connectivity index (χ4v) is 4.95. The van der Waals surface area contributed by atoms with E-state index in [1.165, 1.54) is 37.9 Å². The first-order valence-corrected chi connectivity index (χ1v) is 7.30. The van der Waals surface area contributed by atoms with Crippen LogP contribution in [0, 0.1) is 17.3 Å². The molecule has 0 aromatic carbocycles. The van der Waals surface area contributed by atoms with E-state index in [9.17, 15) is 0 Å². The summed E-state index contributed by atoms with van der Waals surface area (Å²) in [5.41, 5.74) is 0.636. The Bertz CT molecular complexity index is 197. The van der Waals surface area contributed by atoms with Crippen molar-refractivity contribution in [1.82, 2.24) is 0 Å². The molecule has 1 aliphatic heterocycles. The summed E-state index contributed by atoms with van der Waals surface area (Å²) in [5.74, 6) is 3.53. The molecule has 2 aliphatic rings. The normalized spacial score (nSPS) is 41.8. The molecule has 0 aromatic rings. The maximum atomic E-state index is 2.51. The van der Waals surface area contributed by atoms with Crippen molar-refractivity contribution < 1.29 is 0 Å². The Morgan fingerprint density at radius 2 is 2.14 bits per heavy atom. The first kappa shape index (κ1) is 10.9. The Balaban J connectivity index is 2.06. The van der Waals surface area contributed by atoms with Gasteiger partial charge in [0.15, 0.2) is 0 Å². The first-order chi connectivity index (χ1) is 6.63. The van der Waals surface area contributed by atoms with Crippen LogP contribution >= 0.6 is 11.8 Å². The number of hydrogen-bond donors (Lipinski definition) is 0. The highest BCUT2D eigenvalue weighted by molar-refractivity contribution is 7.99. The maximum absolute atomic E-state index is 2.51. The fraction of sp³-hybridized carbons (Fsp3) is 1.00. The van der Waals surface area contributed by atoms with Crippen LogP contribution in [0.5, 0.6) is 0 Å². The SMILES string of the molecule is CCC1CC2C(CCCC2(C)C)CS1. The second kappa shape index (κ2) is 4.08. The molecule has 0 nitrogen and oxygen atoms in total. The third-order valence-corrected chi connectivity index (χ3v) is 6.10. The van der Waals surface area contributed by atoms with E-state index in [-0.39, 0.29) is 0 Å². The van der Waals surface area contributed by atoms with Crippen molar-refractivity contribution in [2.75, 3.05) is 5.75 Å². The average molecular weight is 212 g/mol. The summed E-state index contributed by atoms with van der Waals surface area (Å²) in [6.07, 6.45) is 7.33. The summed E-state index contributed by atoms with van der Waals surface area (Å²) in [6.45, 7) is 7.37. The Labute approximate surface area is 93.2 Å². The van der Waals surface area contributed by atoms with E-state index in [1.54, 1.807) is 0 Å². The van der Waals surface area contributed by atoms with Gasteiger partial charge in [-0.25, -0.2) is 0 Å². The zero-order valence-electron chi connectivity index (χ0n) is 9.88. The molecular weight excluding hydrogens is 188 g/mol. The summed E-state index contributed by atoms with van der Waals surface area (Å²) in [6, 6.07) is 0. The van der Waals surface area contributed by atoms with Crippen molar-refractivity contribution in [1.29, 1.82) is 0 Å². The van der Waals surface area contributed by atoms with Gasteiger partial charge in [-0.1, -0.05) is 27.2 Å². The molecule has 82 valence electrons. The van der Waals surface area contributed by atoms with E-state index in [0.717, 1.165) is 17.1 Å². The Hall–Kier alpha value is 0.350. The van der Waals surface area contributed by atoms with Crippen molar-refractivity contribution in [2.45, 2.75) is 58.1 Å². The number of thioether (sulfide) groups is 1. The minimum absolute atomic E-state index is 0.636. The molecule has 14 heavy (non-hydrogen) atoms. The van der Waals surface area contributed by atoms with Crippen molar-refractivity contribution >= 4 is 11.8 Å². The van der Waals surface area contributed by atoms with Crippen LogP contribution in [0.25, 0.3) is 0 Å². The average Bonchev–Trinajstić information content (AvgIpc) is 2.17. The molecule has 3 unspecified atom stereocenters. The summed E-state index contributed by atoms with van der Waals surface area (Å²) >= 11 is 2.25. The van der Waals surface area contributed by atoms with Crippen molar-refractivity contribution in [3.05, 3.63) is 0 Å². The van der Waals surface area contributed by atoms with Gasteiger partial charge in [0.1, 0.15) is 0 Å². The molecule has 2 fully saturated rings. The van der Waals surface area contributed by atoms with Gasteiger partial charge in [0.05, 0.1) is 0 Å². The minimum Gasteiger partial charge on any atom is -0.158 e. The van der Waals surface area contributed by atoms with Gasteiger partial charge in [-0.05, 0) is 48.7 Å². The third-order valence-electron chi connectivity index (χ3n) is 4.49. The lowest BCUT2D eigenvalue weighted by Gasteiger charge is -2.48. The predicted octanol–water partition coefficient (Wildman–Crippen LogP) is 4.34. The summed E-state index contributed by atoms with van der Waals surface area (Å²) in [4.78, 5) is 0. The zero-order chi connectivity index (χ0) is 10.2. The minimum atomic E-state index is 0.636. The van der Waals surface area contributed by atoms with Gasteiger partial charge in [0.2, 0.25) is 0 Å². The van der Waals surface area contributed by atoms with Crippen LogP contribution in [0.4, 0.5) is 0 Å². The van der Waals surface area contributed by atoms with Crippen LogP contribution in [-0.4, -0.2) is 11.0 Å². The number of hydrogen-bond acceptors (Lipinski definition) is 1. The molecule has 0 aromatic heterocycles. The lowest BCUT2D eigenvalue weighted by molar-refractivity contribution is 0.0736. The van der Waals surface area contributed by atoms with Gasteiger partial charge in [-0.15, -0.1) is 0 Å². The largest absolute Gasteiger partial charge is 0.158 e. The Morgan fingerprint density at radius 1 is 1.36 bits per heavy atom. The van der Waals surface area contributed by atoms with Gasteiger partial charge in [-0.3, -0.25) is 0 Å². The molecule has 1 heteroatoms. The lowest BCUT2D eigenvalue weighted by Crippen LogP contribution is -2.40. The van der Waals surface area contributed by atoms with Gasteiger partial charge < -0.3 is 0 Å². The van der Waals surface area contributed by atoms with E-state index in [1.807, 2.05) is 0 Å². The van der Waals surface area contributed by atoms with Crippen LogP contribution in [0.1, 0.15) is 52.9 Å². The molecule has 1 saturated carbocycles. The summed E-state index contributed by atoms with van der Waals surface area (Å²) < 4.78 is 0. The molecule has 3 atom stereocenters. The van der Waals surface area contributed by atoms with Gasteiger partial charge in [0.25, 0.3) is 0 Å². The maximum Gasteiger partial charge on any atom is 0.00474 e. The van der Waals surface area contributed by atoms with Crippen LogP contribution in [-0.2, 0) is 0 Å². The standard InChI is InChI=1S/C13H24S/c1-4-11-8-12-10(9-14-11)6-5-7-13(12,2)3/h10-12H,4-9H2,1-3H3. The van der Waals surface area contributed by atoms with E-state index >= 15 is 0 Å². The summed E-state index contributed by atoms with van der Waals surface area (Å²) in [7, 11) is 0. The van der Waals surface area contributed by atoms with Gasteiger partial charge in [-0.2, -0.15) is 11.8 Å². The molecular formula is C13H24S. The molecule has 0 amide bonds. The number of rotatable bonds is 1. The monoisotopic (exact) mass is 212 g/mol. The van der Waals surface area contributed by atoms with E-state index in [0.29, 0.717) is 5.41 Å². The van der Waals surface area contributed by atoms with Crippen molar-refractivity contribution in [2.24, 2.45) is 17.3 Å². The highest BCUT2D eigenvalue weighted by atomic mass is 32.2. The Morgan fingerprint density at radius 3 is 2.86 bits per heavy atom. The van der Waals surface area contributed by atoms with E-state index in [2.05, 4.69) is 32.5 Å².